The smallest absolute Gasteiger partial charge is 0.195 e. The third-order valence-corrected chi connectivity index (χ3v) is 3.80. The first kappa shape index (κ1) is 13.1. The van der Waals surface area contributed by atoms with Gasteiger partial charge in [-0.15, -0.1) is 0 Å². The van der Waals surface area contributed by atoms with E-state index in [0.29, 0.717) is 26.7 Å². The van der Waals surface area contributed by atoms with E-state index in [4.69, 9.17) is 23.2 Å². The zero-order chi connectivity index (χ0) is 14.1. The van der Waals surface area contributed by atoms with Crippen LogP contribution < -0.4 is 0 Å². The lowest BCUT2D eigenvalue weighted by Crippen LogP contribution is -2.03. The maximum absolute atomic E-state index is 12.6. The number of rotatable bonds is 2. The van der Waals surface area contributed by atoms with Crippen molar-refractivity contribution in [2.45, 2.75) is 0 Å². The molecule has 1 aromatic heterocycles. The first-order chi connectivity index (χ1) is 9.66. The molecule has 0 saturated carbocycles. The van der Waals surface area contributed by atoms with E-state index in [1.165, 1.54) is 0 Å². The zero-order valence-corrected chi connectivity index (χ0v) is 11.8. The minimum Gasteiger partial charge on any atom is -0.289 e. The predicted molar refractivity (Wildman–Crippen MR) is 81.6 cm³/mol. The molecule has 0 unspecified atom stereocenters. The molecule has 0 saturated heterocycles. The van der Waals surface area contributed by atoms with Crippen molar-refractivity contribution in [2.75, 3.05) is 0 Å². The zero-order valence-electron chi connectivity index (χ0n) is 10.3. The maximum atomic E-state index is 12.6. The van der Waals surface area contributed by atoms with Gasteiger partial charge in [0, 0.05) is 22.7 Å². The van der Waals surface area contributed by atoms with Gasteiger partial charge in [-0.1, -0.05) is 41.4 Å². The summed E-state index contributed by atoms with van der Waals surface area (Å²) < 4.78 is 0. The largest absolute Gasteiger partial charge is 0.289 e. The summed E-state index contributed by atoms with van der Waals surface area (Å²) in [5, 5.41) is 1.73. The Kier molecular flexibility index (Phi) is 3.43. The van der Waals surface area contributed by atoms with Gasteiger partial charge in [0.1, 0.15) is 0 Å². The Morgan fingerprint density at radius 1 is 0.950 bits per heavy atom. The second kappa shape index (κ2) is 5.23. The summed E-state index contributed by atoms with van der Waals surface area (Å²) in [7, 11) is 0. The first-order valence-electron chi connectivity index (χ1n) is 6.00. The van der Waals surface area contributed by atoms with Crippen molar-refractivity contribution in [1.82, 2.24) is 4.98 Å². The van der Waals surface area contributed by atoms with Gasteiger partial charge in [0.05, 0.1) is 15.6 Å². The molecule has 3 aromatic rings. The van der Waals surface area contributed by atoms with Gasteiger partial charge in [-0.2, -0.15) is 0 Å². The van der Waals surface area contributed by atoms with Crippen molar-refractivity contribution < 1.29 is 4.79 Å². The third kappa shape index (κ3) is 2.28. The quantitative estimate of drug-likeness (QED) is 0.638. The van der Waals surface area contributed by atoms with Crippen molar-refractivity contribution in [3.05, 3.63) is 75.9 Å². The van der Waals surface area contributed by atoms with Crippen molar-refractivity contribution in [3.63, 3.8) is 0 Å². The standard InChI is InChI=1S/C16H9Cl2NO/c17-13-7-6-11(9-14(13)18)16(20)12-5-1-3-10-4-2-8-19-15(10)12/h1-9H. The number of halogens is 2. The van der Waals surface area contributed by atoms with Crippen LogP contribution in [0, 0.1) is 0 Å². The number of aromatic nitrogens is 1. The van der Waals surface area contributed by atoms with Crippen LogP contribution in [-0.2, 0) is 0 Å². The summed E-state index contributed by atoms with van der Waals surface area (Å²) in [6, 6.07) is 14.2. The van der Waals surface area contributed by atoms with Gasteiger partial charge in [-0.3, -0.25) is 9.78 Å². The molecular weight excluding hydrogens is 293 g/mol. The molecule has 20 heavy (non-hydrogen) atoms. The van der Waals surface area contributed by atoms with Crippen LogP contribution in [0.25, 0.3) is 10.9 Å². The number of hydrogen-bond acceptors (Lipinski definition) is 2. The Morgan fingerprint density at radius 3 is 2.55 bits per heavy atom. The summed E-state index contributed by atoms with van der Waals surface area (Å²) in [4.78, 5) is 16.9. The van der Waals surface area contributed by atoms with E-state index in [0.717, 1.165) is 5.39 Å². The van der Waals surface area contributed by atoms with Gasteiger partial charge in [0.25, 0.3) is 0 Å². The first-order valence-corrected chi connectivity index (χ1v) is 6.76. The minimum atomic E-state index is -0.118. The summed E-state index contributed by atoms with van der Waals surface area (Å²) in [5.41, 5.74) is 1.74. The number of carbonyl (C=O) groups is 1. The minimum absolute atomic E-state index is 0.118. The highest BCUT2D eigenvalue weighted by molar-refractivity contribution is 6.42. The van der Waals surface area contributed by atoms with Gasteiger partial charge in [0.2, 0.25) is 0 Å². The van der Waals surface area contributed by atoms with Crippen LogP contribution >= 0.6 is 23.2 Å². The number of fused-ring (bicyclic) bond motifs is 1. The van der Waals surface area contributed by atoms with Gasteiger partial charge in [-0.25, -0.2) is 0 Å². The van der Waals surface area contributed by atoms with E-state index in [1.54, 1.807) is 30.5 Å². The van der Waals surface area contributed by atoms with Gasteiger partial charge in [0.15, 0.2) is 5.78 Å². The molecule has 0 bridgehead atoms. The summed E-state index contributed by atoms with van der Waals surface area (Å²) >= 11 is 11.8. The Labute approximate surface area is 126 Å². The SMILES string of the molecule is O=C(c1ccc(Cl)c(Cl)c1)c1cccc2cccnc12. The summed E-state index contributed by atoms with van der Waals surface area (Å²) in [6.07, 6.45) is 1.67. The van der Waals surface area contributed by atoms with Crippen molar-refractivity contribution in [2.24, 2.45) is 0 Å². The molecule has 1 heterocycles. The fraction of sp³-hybridized carbons (Fsp3) is 0. The molecule has 0 atom stereocenters. The van der Waals surface area contributed by atoms with Gasteiger partial charge >= 0.3 is 0 Å². The third-order valence-electron chi connectivity index (χ3n) is 3.06. The van der Waals surface area contributed by atoms with Crippen molar-refractivity contribution >= 4 is 39.9 Å². The number of para-hydroxylation sites is 1. The van der Waals surface area contributed by atoms with E-state index in [2.05, 4.69) is 4.98 Å². The molecule has 4 heteroatoms. The Bertz CT molecular complexity index is 809. The monoisotopic (exact) mass is 301 g/mol. The molecule has 0 aliphatic carbocycles. The van der Waals surface area contributed by atoms with E-state index < -0.39 is 0 Å². The molecular formula is C16H9Cl2NO. The number of nitrogens with zero attached hydrogens (tertiary/aromatic N) is 1. The average molecular weight is 302 g/mol. The van der Waals surface area contributed by atoms with E-state index in [1.807, 2.05) is 24.3 Å². The van der Waals surface area contributed by atoms with Gasteiger partial charge in [-0.05, 0) is 30.3 Å². The normalized spacial score (nSPS) is 10.7. The second-order valence-electron chi connectivity index (χ2n) is 4.34. The molecule has 98 valence electrons. The lowest BCUT2D eigenvalue weighted by molar-refractivity contribution is 0.104. The molecule has 0 aliphatic heterocycles. The fourth-order valence-corrected chi connectivity index (χ4v) is 2.38. The van der Waals surface area contributed by atoms with Crippen LogP contribution in [0.1, 0.15) is 15.9 Å². The second-order valence-corrected chi connectivity index (χ2v) is 5.15. The molecule has 2 nitrogen and oxygen atoms in total. The van der Waals surface area contributed by atoms with Crippen LogP contribution in [0.2, 0.25) is 10.0 Å². The fourth-order valence-electron chi connectivity index (χ4n) is 2.08. The Morgan fingerprint density at radius 2 is 1.75 bits per heavy atom. The molecule has 0 amide bonds. The molecule has 0 aliphatic rings. The van der Waals surface area contributed by atoms with E-state index in [9.17, 15) is 4.79 Å². The average Bonchev–Trinajstić information content (AvgIpc) is 2.49. The van der Waals surface area contributed by atoms with Crippen LogP contribution in [0.4, 0.5) is 0 Å². The van der Waals surface area contributed by atoms with E-state index in [-0.39, 0.29) is 5.78 Å². The Balaban J connectivity index is 2.15. The molecule has 2 aromatic carbocycles. The number of ketones is 1. The number of carbonyl (C=O) groups excluding carboxylic acids is 1. The topological polar surface area (TPSA) is 30.0 Å². The van der Waals surface area contributed by atoms with Crippen LogP contribution in [0.15, 0.2) is 54.7 Å². The summed E-state index contributed by atoms with van der Waals surface area (Å²) in [5.74, 6) is -0.118. The highest BCUT2D eigenvalue weighted by atomic mass is 35.5. The molecule has 0 radical (unpaired) electrons. The predicted octanol–water partition coefficient (Wildman–Crippen LogP) is 4.77. The number of benzene rings is 2. The van der Waals surface area contributed by atoms with Crippen LogP contribution in [0.5, 0.6) is 0 Å². The lowest BCUT2D eigenvalue weighted by atomic mass is 10.0. The van der Waals surface area contributed by atoms with Gasteiger partial charge < -0.3 is 0 Å². The molecule has 3 rings (SSSR count). The summed E-state index contributed by atoms with van der Waals surface area (Å²) in [6.45, 7) is 0. The highest BCUT2D eigenvalue weighted by Crippen LogP contribution is 2.25. The number of pyridine rings is 1. The van der Waals surface area contributed by atoms with Crippen molar-refractivity contribution in [3.8, 4) is 0 Å². The molecule has 0 spiro atoms. The highest BCUT2D eigenvalue weighted by Gasteiger charge is 2.14. The maximum Gasteiger partial charge on any atom is 0.195 e. The van der Waals surface area contributed by atoms with Crippen LogP contribution in [0.3, 0.4) is 0 Å². The molecule has 0 fully saturated rings. The lowest BCUT2D eigenvalue weighted by Gasteiger charge is -2.06. The van der Waals surface area contributed by atoms with Crippen LogP contribution in [-0.4, -0.2) is 10.8 Å². The Hall–Kier alpha value is -1.90. The molecule has 0 N–H and O–H groups in total. The number of hydrogen-bond donors (Lipinski definition) is 0. The van der Waals surface area contributed by atoms with Crippen molar-refractivity contribution in [1.29, 1.82) is 0 Å². The van der Waals surface area contributed by atoms with E-state index >= 15 is 0 Å².